The highest BCUT2D eigenvalue weighted by Crippen LogP contribution is 2.42. The Labute approximate surface area is 162 Å². The van der Waals surface area contributed by atoms with E-state index in [0.29, 0.717) is 11.0 Å². The number of nitrogens with zero attached hydrogens (tertiary/aromatic N) is 4. The van der Waals surface area contributed by atoms with Crippen molar-refractivity contribution in [1.82, 2.24) is 19.7 Å². The molecule has 2 unspecified atom stereocenters. The summed E-state index contributed by atoms with van der Waals surface area (Å²) in [5.41, 5.74) is 7.79. The molecule has 2 aromatic rings. The van der Waals surface area contributed by atoms with Crippen molar-refractivity contribution < 1.29 is 9.59 Å². The molecule has 1 saturated heterocycles. The van der Waals surface area contributed by atoms with Crippen molar-refractivity contribution in [2.75, 3.05) is 13.1 Å². The first-order chi connectivity index (χ1) is 13.0. The summed E-state index contributed by atoms with van der Waals surface area (Å²) in [5, 5.41) is 4.62. The van der Waals surface area contributed by atoms with Gasteiger partial charge in [-0.2, -0.15) is 4.68 Å². The van der Waals surface area contributed by atoms with E-state index in [9.17, 15) is 9.59 Å². The molecule has 0 saturated carbocycles. The molecule has 1 fully saturated rings. The quantitative estimate of drug-likeness (QED) is 0.864. The van der Waals surface area contributed by atoms with Gasteiger partial charge in [-0.25, -0.2) is 4.98 Å². The summed E-state index contributed by atoms with van der Waals surface area (Å²) in [6, 6.07) is 8.10. The molecule has 2 aliphatic heterocycles. The molecule has 0 spiro atoms. The van der Waals surface area contributed by atoms with Crippen LogP contribution in [0.3, 0.4) is 0 Å². The second-order valence-electron chi connectivity index (χ2n) is 7.24. The summed E-state index contributed by atoms with van der Waals surface area (Å²) in [6.45, 7) is 5.35. The predicted molar refractivity (Wildman–Crippen MR) is 102 cm³/mol. The van der Waals surface area contributed by atoms with Gasteiger partial charge in [0.2, 0.25) is 5.91 Å². The summed E-state index contributed by atoms with van der Waals surface area (Å²) in [6.07, 6.45) is 1.45. The average Bonchev–Trinajstić information content (AvgIpc) is 3.15. The molecular weight excluding hydrogens is 362 g/mol. The molecule has 0 radical (unpaired) electrons. The molecule has 0 bridgehead atoms. The van der Waals surface area contributed by atoms with Crippen LogP contribution in [0.1, 0.15) is 40.6 Å². The number of primary amides is 1. The summed E-state index contributed by atoms with van der Waals surface area (Å²) < 4.78 is 1.44. The van der Waals surface area contributed by atoms with Crippen molar-refractivity contribution in [2.45, 2.75) is 43.1 Å². The van der Waals surface area contributed by atoms with E-state index >= 15 is 0 Å². The van der Waals surface area contributed by atoms with Crippen LogP contribution in [0.15, 0.2) is 29.4 Å². The minimum atomic E-state index is -0.299. The number of hydrogen-bond acceptors (Lipinski definition) is 6. The highest BCUT2D eigenvalue weighted by Gasteiger charge is 2.44. The third kappa shape index (κ3) is 3.27. The molecule has 0 aliphatic carbocycles. The SMILES string of the molecule is Cc1nc2n(n1)C(=O)C(C(c1ccccc1C)N1CCC(C(N)=O)CC1)S2. The lowest BCUT2D eigenvalue weighted by Gasteiger charge is -2.39. The minimum absolute atomic E-state index is 0.0270. The first kappa shape index (κ1) is 18.2. The molecule has 1 amide bonds. The van der Waals surface area contributed by atoms with Gasteiger partial charge in [-0.15, -0.1) is 5.10 Å². The number of carbonyl (C=O) groups excluding carboxylic acids is 2. The second-order valence-corrected chi connectivity index (χ2v) is 8.35. The van der Waals surface area contributed by atoms with Crippen LogP contribution in [0.25, 0.3) is 0 Å². The lowest BCUT2D eigenvalue weighted by atomic mass is 9.91. The van der Waals surface area contributed by atoms with Crippen LogP contribution < -0.4 is 5.73 Å². The molecule has 3 heterocycles. The summed E-state index contributed by atoms with van der Waals surface area (Å²) >= 11 is 1.48. The van der Waals surface area contributed by atoms with Gasteiger partial charge >= 0.3 is 0 Å². The van der Waals surface area contributed by atoms with Crippen LogP contribution in [0.5, 0.6) is 0 Å². The van der Waals surface area contributed by atoms with Gasteiger partial charge in [-0.3, -0.25) is 14.5 Å². The van der Waals surface area contributed by atoms with Crippen LogP contribution in [0.4, 0.5) is 0 Å². The standard InChI is InChI=1S/C19H23N5O2S/c1-11-5-3-4-6-14(11)15(23-9-7-13(8-10-23)17(20)25)16-18(26)24-19(27-16)21-12(2)22-24/h3-6,13,15-16H,7-10H2,1-2H3,(H2,20,25). The summed E-state index contributed by atoms with van der Waals surface area (Å²) in [5.74, 6) is 0.276. The van der Waals surface area contributed by atoms with Gasteiger partial charge in [-0.05, 0) is 50.9 Å². The van der Waals surface area contributed by atoms with Gasteiger partial charge < -0.3 is 5.73 Å². The molecule has 1 aromatic carbocycles. The Morgan fingerprint density at radius 3 is 2.59 bits per heavy atom. The number of amides is 1. The largest absolute Gasteiger partial charge is 0.369 e. The molecule has 142 valence electrons. The fourth-order valence-electron chi connectivity index (χ4n) is 4.03. The van der Waals surface area contributed by atoms with Crippen molar-refractivity contribution in [3.05, 3.63) is 41.2 Å². The maximum absolute atomic E-state index is 13.1. The molecule has 2 atom stereocenters. The van der Waals surface area contributed by atoms with E-state index in [0.717, 1.165) is 37.1 Å². The van der Waals surface area contributed by atoms with E-state index in [1.54, 1.807) is 6.92 Å². The number of rotatable bonds is 4. The van der Waals surface area contributed by atoms with Crippen molar-refractivity contribution in [1.29, 1.82) is 0 Å². The Hall–Kier alpha value is -2.19. The molecule has 7 nitrogen and oxygen atoms in total. The lowest BCUT2D eigenvalue weighted by Crippen LogP contribution is -2.45. The lowest BCUT2D eigenvalue weighted by molar-refractivity contribution is -0.123. The smallest absolute Gasteiger partial charge is 0.264 e. The van der Waals surface area contributed by atoms with Crippen molar-refractivity contribution >= 4 is 23.6 Å². The van der Waals surface area contributed by atoms with Gasteiger partial charge in [0.05, 0.1) is 6.04 Å². The topological polar surface area (TPSA) is 94.1 Å². The number of aryl methyl sites for hydroxylation is 2. The highest BCUT2D eigenvalue weighted by atomic mass is 32.2. The number of piperidine rings is 1. The Morgan fingerprint density at radius 2 is 1.96 bits per heavy atom. The number of nitrogens with two attached hydrogens (primary N) is 1. The summed E-state index contributed by atoms with van der Waals surface area (Å²) in [4.78, 5) is 31.3. The maximum atomic E-state index is 13.1. The molecule has 4 rings (SSSR count). The van der Waals surface area contributed by atoms with E-state index in [4.69, 9.17) is 5.73 Å². The van der Waals surface area contributed by atoms with Gasteiger partial charge in [0.25, 0.3) is 5.91 Å². The van der Waals surface area contributed by atoms with E-state index in [1.807, 2.05) is 12.1 Å². The first-order valence-electron chi connectivity index (χ1n) is 9.19. The molecular formula is C19H23N5O2S. The van der Waals surface area contributed by atoms with Crippen LogP contribution in [0.2, 0.25) is 0 Å². The zero-order chi connectivity index (χ0) is 19.1. The van der Waals surface area contributed by atoms with Crippen LogP contribution >= 0.6 is 11.8 Å². The molecule has 8 heteroatoms. The van der Waals surface area contributed by atoms with Gasteiger partial charge in [0.15, 0.2) is 5.16 Å². The van der Waals surface area contributed by atoms with Gasteiger partial charge in [0.1, 0.15) is 11.1 Å². The van der Waals surface area contributed by atoms with E-state index in [1.165, 1.54) is 16.4 Å². The van der Waals surface area contributed by atoms with Crippen LogP contribution in [-0.4, -0.2) is 49.8 Å². The highest BCUT2D eigenvalue weighted by molar-refractivity contribution is 8.00. The molecule has 2 aliphatic rings. The average molecular weight is 385 g/mol. The third-order valence-corrected chi connectivity index (χ3v) is 6.68. The van der Waals surface area contributed by atoms with Crippen molar-refractivity contribution in [3.63, 3.8) is 0 Å². The molecule has 27 heavy (non-hydrogen) atoms. The maximum Gasteiger partial charge on any atom is 0.264 e. The van der Waals surface area contributed by atoms with Gasteiger partial charge in [-0.1, -0.05) is 36.0 Å². The Bertz CT molecular complexity index is 888. The van der Waals surface area contributed by atoms with Crippen molar-refractivity contribution in [3.8, 4) is 0 Å². The number of hydrogen-bond donors (Lipinski definition) is 1. The van der Waals surface area contributed by atoms with Crippen LogP contribution in [0, 0.1) is 19.8 Å². The number of benzene rings is 1. The normalized spacial score (nSPS) is 22.0. The van der Waals surface area contributed by atoms with E-state index in [2.05, 4.69) is 34.0 Å². The van der Waals surface area contributed by atoms with Crippen molar-refractivity contribution in [2.24, 2.45) is 11.7 Å². The Kier molecular flexibility index (Phi) is 4.77. The number of carbonyl (C=O) groups is 2. The number of likely N-dealkylation sites (tertiary alicyclic amines) is 1. The number of aromatic nitrogens is 3. The minimum Gasteiger partial charge on any atom is -0.369 e. The monoisotopic (exact) mass is 385 g/mol. The third-order valence-electron chi connectivity index (χ3n) is 5.49. The van der Waals surface area contributed by atoms with E-state index in [-0.39, 0.29) is 29.0 Å². The van der Waals surface area contributed by atoms with Crippen LogP contribution in [-0.2, 0) is 4.79 Å². The fraction of sp³-hybridized carbons (Fsp3) is 0.474. The fourth-order valence-corrected chi connectivity index (χ4v) is 5.32. The van der Waals surface area contributed by atoms with E-state index < -0.39 is 0 Å². The predicted octanol–water partition coefficient (Wildman–Crippen LogP) is 1.95. The number of thioether (sulfide) groups is 1. The Morgan fingerprint density at radius 1 is 1.26 bits per heavy atom. The molecule has 1 aromatic heterocycles. The first-order valence-corrected chi connectivity index (χ1v) is 10.1. The number of fused-ring (bicyclic) bond motifs is 1. The zero-order valence-corrected chi connectivity index (χ0v) is 16.3. The van der Waals surface area contributed by atoms with Gasteiger partial charge in [0, 0.05) is 5.92 Å². The zero-order valence-electron chi connectivity index (χ0n) is 15.5. The molecule has 2 N–H and O–H groups in total. The summed E-state index contributed by atoms with van der Waals surface area (Å²) in [7, 11) is 0. The second kappa shape index (κ2) is 7.09. The Balaban J connectivity index is 1.66.